The topological polar surface area (TPSA) is 68.5 Å². The predicted molar refractivity (Wildman–Crippen MR) is 106 cm³/mol. The molecule has 0 unspecified atom stereocenters. The van der Waals surface area contributed by atoms with Crippen LogP contribution in [0.5, 0.6) is 5.75 Å². The van der Waals surface area contributed by atoms with Gasteiger partial charge in [0, 0.05) is 19.2 Å². The van der Waals surface area contributed by atoms with Crippen LogP contribution in [0.2, 0.25) is 0 Å². The Morgan fingerprint density at radius 1 is 1.31 bits per heavy atom. The third-order valence-corrected chi connectivity index (χ3v) is 4.49. The zero-order valence-corrected chi connectivity index (χ0v) is 16.6. The fourth-order valence-electron chi connectivity index (χ4n) is 2.75. The first-order valence-corrected chi connectivity index (χ1v) is 9.20. The summed E-state index contributed by atoms with van der Waals surface area (Å²) in [6.07, 6.45) is 0. The minimum absolute atomic E-state index is 0.480. The van der Waals surface area contributed by atoms with Crippen molar-refractivity contribution in [2.24, 2.45) is 5.10 Å². The van der Waals surface area contributed by atoms with Crippen molar-refractivity contribution in [3.8, 4) is 5.75 Å². The van der Waals surface area contributed by atoms with Gasteiger partial charge < -0.3 is 24.4 Å². The molecule has 1 aliphatic heterocycles. The Bertz CT molecular complexity index is 618. The molecule has 0 aliphatic carbocycles. The van der Waals surface area contributed by atoms with Gasteiger partial charge in [0.25, 0.3) is 0 Å². The Balaban J connectivity index is 2.02. The summed E-state index contributed by atoms with van der Waals surface area (Å²) in [7, 11) is 3.36. The molecular formula is C18H29N4O3S+. The zero-order valence-electron chi connectivity index (χ0n) is 15.8. The number of hydrogen-bond donors (Lipinski definition) is 3. The monoisotopic (exact) mass is 381 g/mol. The molecule has 1 aromatic rings. The highest BCUT2D eigenvalue weighted by Gasteiger charge is 2.17. The number of nitrogens with one attached hydrogen (secondary N) is 3. The molecule has 1 aliphatic rings. The number of nitrogens with zero attached hydrogens (tertiary/aromatic N) is 1. The van der Waals surface area contributed by atoms with Crippen molar-refractivity contribution in [1.29, 1.82) is 0 Å². The Morgan fingerprint density at radius 2 is 2.08 bits per heavy atom. The first kappa shape index (κ1) is 20.6. The van der Waals surface area contributed by atoms with E-state index in [9.17, 15) is 0 Å². The maximum atomic E-state index is 5.53. The molecule has 144 valence electrons. The Morgan fingerprint density at radius 3 is 2.77 bits per heavy atom. The molecule has 7 nitrogen and oxygen atoms in total. The van der Waals surface area contributed by atoms with Crippen LogP contribution >= 0.6 is 12.2 Å². The molecule has 1 fully saturated rings. The van der Waals surface area contributed by atoms with Crippen molar-refractivity contribution in [3.63, 3.8) is 0 Å². The SMILES string of the molecule is COCCNC(=S)N/N=C(/C)c1ccc(OC)c(C[NH+]2CCOCC2)c1. The lowest BCUT2D eigenvalue weighted by Gasteiger charge is -2.24. The van der Waals surface area contributed by atoms with Gasteiger partial charge in [-0.05, 0) is 42.9 Å². The lowest BCUT2D eigenvalue weighted by Crippen LogP contribution is -3.12. The molecule has 0 spiro atoms. The minimum atomic E-state index is 0.480. The standard InChI is InChI=1S/C18H28N4O3S/c1-14(20-21-18(26)19-6-9-23-2)15-4-5-17(24-3)16(12-15)13-22-7-10-25-11-8-22/h4-5,12H,6-11,13H2,1-3H3,(H2,19,21,26)/p+1/b20-14-. The summed E-state index contributed by atoms with van der Waals surface area (Å²) in [5.41, 5.74) is 5.95. The second-order valence-corrected chi connectivity index (χ2v) is 6.53. The quantitative estimate of drug-likeness (QED) is 0.254. The predicted octanol–water partition coefficient (Wildman–Crippen LogP) is -0.0552. The summed E-state index contributed by atoms with van der Waals surface area (Å²) in [5.74, 6) is 0.908. The summed E-state index contributed by atoms with van der Waals surface area (Å²) >= 11 is 5.19. The van der Waals surface area contributed by atoms with E-state index in [0.717, 1.165) is 49.9 Å². The largest absolute Gasteiger partial charge is 0.496 e. The van der Waals surface area contributed by atoms with Gasteiger partial charge in [0.2, 0.25) is 0 Å². The van der Waals surface area contributed by atoms with Crippen molar-refractivity contribution < 1.29 is 19.1 Å². The van der Waals surface area contributed by atoms with Gasteiger partial charge in [-0.2, -0.15) is 5.10 Å². The maximum absolute atomic E-state index is 5.53. The molecule has 2 rings (SSSR count). The van der Waals surface area contributed by atoms with Crippen LogP contribution in [0, 0.1) is 0 Å². The summed E-state index contributed by atoms with van der Waals surface area (Å²) in [4.78, 5) is 1.50. The number of quaternary nitrogens is 1. The van der Waals surface area contributed by atoms with Crippen LogP contribution in [0.1, 0.15) is 18.1 Å². The number of morpholine rings is 1. The first-order chi connectivity index (χ1) is 12.6. The summed E-state index contributed by atoms with van der Waals surface area (Å²) in [5, 5.41) is 7.88. The fourth-order valence-corrected chi connectivity index (χ4v) is 2.90. The lowest BCUT2D eigenvalue weighted by molar-refractivity contribution is -0.921. The molecule has 0 bridgehead atoms. The van der Waals surface area contributed by atoms with Crippen LogP contribution in [0.4, 0.5) is 0 Å². The van der Waals surface area contributed by atoms with E-state index in [1.54, 1.807) is 14.2 Å². The Labute approximate surface area is 160 Å². The van der Waals surface area contributed by atoms with Gasteiger partial charge in [0.05, 0.1) is 32.6 Å². The molecule has 1 heterocycles. The van der Waals surface area contributed by atoms with Gasteiger partial charge in [0.1, 0.15) is 25.4 Å². The van der Waals surface area contributed by atoms with Crippen molar-refractivity contribution in [2.45, 2.75) is 13.5 Å². The van der Waals surface area contributed by atoms with Gasteiger partial charge in [-0.1, -0.05) is 0 Å². The van der Waals surface area contributed by atoms with Crippen LogP contribution in [-0.2, 0) is 16.0 Å². The van der Waals surface area contributed by atoms with Crippen molar-refractivity contribution in [1.82, 2.24) is 10.7 Å². The second kappa shape index (κ2) is 11.1. The maximum Gasteiger partial charge on any atom is 0.187 e. The molecule has 3 N–H and O–H groups in total. The smallest absolute Gasteiger partial charge is 0.187 e. The van der Waals surface area contributed by atoms with E-state index < -0.39 is 0 Å². The van der Waals surface area contributed by atoms with Gasteiger partial charge >= 0.3 is 0 Å². The van der Waals surface area contributed by atoms with E-state index in [-0.39, 0.29) is 0 Å². The zero-order chi connectivity index (χ0) is 18.8. The van der Waals surface area contributed by atoms with Crippen LogP contribution in [0.15, 0.2) is 23.3 Å². The molecule has 0 aromatic heterocycles. The molecule has 8 heteroatoms. The number of benzene rings is 1. The minimum Gasteiger partial charge on any atom is -0.496 e. The Hall–Kier alpha value is -1.74. The van der Waals surface area contributed by atoms with E-state index in [0.29, 0.717) is 18.3 Å². The average molecular weight is 382 g/mol. The van der Waals surface area contributed by atoms with Gasteiger partial charge in [-0.25, -0.2) is 0 Å². The van der Waals surface area contributed by atoms with E-state index in [4.69, 9.17) is 26.4 Å². The molecule has 1 aromatic carbocycles. The second-order valence-electron chi connectivity index (χ2n) is 6.12. The molecule has 0 radical (unpaired) electrons. The van der Waals surface area contributed by atoms with E-state index in [1.165, 1.54) is 10.5 Å². The number of thiocarbonyl (C=S) groups is 1. The Kier molecular flexibility index (Phi) is 8.76. The van der Waals surface area contributed by atoms with Gasteiger partial charge in [-0.15, -0.1) is 0 Å². The number of ether oxygens (including phenoxy) is 3. The van der Waals surface area contributed by atoms with Gasteiger partial charge in [0.15, 0.2) is 5.11 Å². The molecular weight excluding hydrogens is 352 g/mol. The number of hydrazone groups is 1. The van der Waals surface area contributed by atoms with Crippen molar-refractivity contribution in [2.75, 3.05) is 53.7 Å². The summed E-state index contributed by atoms with van der Waals surface area (Å²) < 4.78 is 15.9. The normalized spacial score (nSPS) is 15.6. The lowest BCUT2D eigenvalue weighted by atomic mass is 10.1. The molecule has 0 atom stereocenters. The van der Waals surface area contributed by atoms with Crippen LogP contribution in [0.3, 0.4) is 0 Å². The number of methoxy groups -OCH3 is 2. The molecule has 26 heavy (non-hydrogen) atoms. The van der Waals surface area contributed by atoms with Crippen molar-refractivity contribution >= 4 is 23.0 Å². The highest BCUT2D eigenvalue weighted by Crippen LogP contribution is 2.19. The average Bonchev–Trinajstić information content (AvgIpc) is 2.67. The van der Waals surface area contributed by atoms with Crippen molar-refractivity contribution in [3.05, 3.63) is 29.3 Å². The van der Waals surface area contributed by atoms with Crippen LogP contribution in [0.25, 0.3) is 0 Å². The summed E-state index contributed by atoms with van der Waals surface area (Å²) in [6, 6.07) is 6.15. The number of hydrogen-bond acceptors (Lipinski definition) is 5. The van der Waals surface area contributed by atoms with Crippen LogP contribution < -0.4 is 20.4 Å². The van der Waals surface area contributed by atoms with Gasteiger partial charge in [-0.3, -0.25) is 5.43 Å². The highest BCUT2D eigenvalue weighted by atomic mass is 32.1. The van der Waals surface area contributed by atoms with Crippen LogP contribution in [-0.4, -0.2) is 64.5 Å². The van der Waals surface area contributed by atoms with E-state index >= 15 is 0 Å². The number of rotatable bonds is 8. The first-order valence-electron chi connectivity index (χ1n) is 8.79. The molecule has 0 saturated carbocycles. The molecule has 1 saturated heterocycles. The fraction of sp³-hybridized carbons (Fsp3) is 0.556. The van der Waals surface area contributed by atoms with E-state index in [2.05, 4.69) is 21.9 Å². The summed E-state index contributed by atoms with van der Waals surface area (Å²) in [6.45, 7) is 7.77. The molecule has 0 amide bonds. The third-order valence-electron chi connectivity index (χ3n) is 4.26. The van der Waals surface area contributed by atoms with E-state index in [1.807, 2.05) is 19.1 Å². The highest BCUT2D eigenvalue weighted by molar-refractivity contribution is 7.80. The third kappa shape index (κ3) is 6.53.